The molecule has 2 aliphatic carbocycles. The van der Waals surface area contributed by atoms with E-state index in [2.05, 4.69) is 12.2 Å². The molecule has 1 fully saturated rings. The maximum Gasteiger partial charge on any atom is 0.193 e. The molecule has 4 atom stereocenters. The van der Waals surface area contributed by atoms with Crippen LogP contribution in [0, 0.1) is 29.6 Å². The fourth-order valence-corrected chi connectivity index (χ4v) is 3.65. The molecule has 2 aliphatic rings. The maximum absolute atomic E-state index is 12.2. The van der Waals surface area contributed by atoms with Crippen LogP contribution in [0.1, 0.15) is 20.3 Å². The van der Waals surface area contributed by atoms with Crippen molar-refractivity contribution in [2.45, 2.75) is 20.3 Å². The van der Waals surface area contributed by atoms with E-state index in [4.69, 9.17) is 0 Å². The molecule has 2 rings (SSSR count). The van der Waals surface area contributed by atoms with Gasteiger partial charge in [0.1, 0.15) is 5.78 Å². The number of carbonyl (C=O) groups is 2. The van der Waals surface area contributed by atoms with Gasteiger partial charge < -0.3 is 0 Å². The SMILES string of the molecule is CSC(=O)[C@H]1[C@H](C(=O)C(C)C)[C@@H]2C=C[C@H]1C2. The number of fused-ring (bicyclic) bond motifs is 2. The Kier molecular flexibility index (Phi) is 3.24. The zero-order chi connectivity index (χ0) is 11.9. The van der Waals surface area contributed by atoms with E-state index in [0.29, 0.717) is 11.8 Å². The lowest BCUT2D eigenvalue weighted by Crippen LogP contribution is -2.34. The van der Waals surface area contributed by atoms with Crippen LogP contribution in [0.3, 0.4) is 0 Å². The number of allylic oxidation sites excluding steroid dienone is 2. The second-order valence-electron chi connectivity index (χ2n) is 5.08. The van der Waals surface area contributed by atoms with Gasteiger partial charge in [-0.1, -0.05) is 37.8 Å². The van der Waals surface area contributed by atoms with Crippen molar-refractivity contribution in [1.29, 1.82) is 0 Å². The van der Waals surface area contributed by atoms with Crippen LogP contribution in [0.15, 0.2) is 12.2 Å². The van der Waals surface area contributed by atoms with Crippen molar-refractivity contribution in [3.05, 3.63) is 12.2 Å². The monoisotopic (exact) mass is 238 g/mol. The van der Waals surface area contributed by atoms with Crippen LogP contribution in [0.5, 0.6) is 0 Å². The molecule has 0 aromatic heterocycles. The summed E-state index contributed by atoms with van der Waals surface area (Å²) in [7, 11) is 0. The van der Waals surface area contributed by atoms with Gasteiger partial charge in [-0.3, -0.25) is 9.59 Å². The molecule has 0 aliphatic heterocycles. The highest BCUT2D eigenvalue weighted by Gasteiger charge is 2.50. The summed E-state index contributed by atoms with van der Waals surface area (Å²) in [5.41, 5.74) is 0. The first-order chi connectivity index (χ1) is 7.56. The summed E-state index contributed by atoms with van der Waals surface area (Å²) >= 11 is 1.27. The lowest BCUT2D eigenvalue weighted by Gasteiger charge is -2.26. The molecule has 0 unspecified atom stereocenters. The molecule has 0 radical (unpaired) electrons. The molecule has 2 bridgehead atoms. The fraction of sp³-hybridized carbons (Fsp3) is 0.692. The summed E-state index contributed by atoms with van der Waals surface area (Å²) < 4.78 is 0. The van der Waals surface area contributed by atoms with Gasteiger partial charge in [-0.2, -0.15) is 0 Å². The summed E-state index contributed by atoms with van der Waals surface area (Å²) in [5, 5.41) is 0.191. The third-order valence-electron chi connectivity index (χ3n) is 3.83. The highest BCUT2D eigenvalue weighted by Crippen LogP contribution is 2.50. The minimum absolute atomic E-state index is 0.0370. The first kappa shape index (κ1) is 11.9. The number of hydrogen-bond acceptors (Lipinski definition) is 3. The number of thioether (sulfide) groups is 1. The Morgan fingerprint density at radius 3 is 2.25 bits per heavy atom. The zero-order valence-electron chi connectivity index (χ0n) is 9.97. The Labute approximate surface area is 101 Å². The molecule has 16 heavy (non-hydrogen) atoms. The Bertz CT molecular complexity index is 346. The molecule has 0 aromatic rings. The fourth-order valence-electron chi connectivity index (χ4n) is 3.05. The Balaban J connectivity index is 2.25. The molecule has 2 nitrogen and oxygen atoms in total. The van der Waals surface area contributed by atoms with Gasteiger partial charge in [0.25, 0.3) is 0 Å². The predicted molar refractivity (Wildman–Crippen MR) is 66.1 cm³/mol. The first-order valence-electron chi connectivity index (χ1n) is 5.86. The van der Waals surface area contributed by atoms with Crippen LogP contribution < -0.4 is 0 Å². The number of hydrogen-bond donors (Lipinski definition) is 0. The molecule has 1 saturated carbocycles. The van der Waals surface area contributed by atoms with E-state index >= 15 is 0 Å². The van der Waals surface area contributed by atoms with Crippen LogP contribution in [-0.2, 0) is 9.59 Å². The summed E-state index contributed by atoms with van der Waals surface area (Å²) in [6.45, 7) is 3.86. The van der Waals surface area contributed by atoms with Crippen LogP contribution in [0.4, 0.5) is 0 Å². The number of Topliss-reactive ketones (excluding diaryl/α,β-unsaturated/α-hetero) is 1. The molecule has 0 saturated heterocycles. The molecular formula is C13H18O2S. The number of rotatable bonds is 3. The molecule has 0 spiro atoms. The number of carbonyl (C=O) groups excluding carboxylic acids is 2. The van der Waals surface area contributed by atoms with E-state index in [1.165, 1.54) is 11.8 Å². The topological polar surface area (TPSA) is 34.1 Å². The van der Waals surface area contributed by atoms with E-state index < -0.39 is 0 Å². The maximum atomic E-state index is 12.2. The van der Waals surface area contributed by atoms with Gasteiger partial charge >= 0.3 is 0 Å². The predicted octanol–water partition coefficient (Wildman–Crippen LogP) is 2.54. The summed E-state index contributed by atoms with van der Waals surface area (Å²) in [5.74, 6) is 0.840. The van der Waals surface area contributed by atoms with Gasteiger partial charge in [-0.15, -0.1) is 0 Å². The van der Waals surface area contributed by atoms with Crippen molar-refractivity contribution in [2.75, 3.05) is 6.26 Å². The Morgan fingerprint density at radius 2 is 1.75 bits per heavy atom. The second kappa shape index (κ2) is 4.36. The van der Waals surface area contributed by atoms with Crippen molar-refractivity contribution < 1.29 is 9.59 Å². The third kappa shape index (κ3) is 1.75. The van der Waals surface area contributed by atoms with Crippen molar-refractivity contribution in [3.8, 4) is 0 Å². The summed E-state index contributed by atoms with van der Waals surface area (Å²) in [6.07, 6.45) is 7.09. The molecule has 0 aromatic carbocycles. The minimum Gasteiger partial charge on any atom is -0.299 e. The molecular weight excluding hydrogens is 220 g/mol. The lowest BCUT2D eigenvalue weighted by atomic mass is 9.78. The molecule has 0 heterocycles. The van der Waals surface area contributed by atoms with Gasteiger partial charge in [-0.05, 0) is 24.5 Å². The van der Waals surface area contributed by atoms with E-state index in [9.17, 15) is 9.59 Å². The van der Waals surface area contributed by atoms with E-state index in [-0.39, 0.29) is 28.7 Å². The van der Waals surface area contributed by atoms with Gasteiger partial charge in [0, 0.05) is 17.8 Å². The first-order valence-corrected chi connectivity index (χ1v) is 7.08. The highest BCUT2D eigenvalue weighted by atomic mass is 32.2. The van der Waals surface area contributed by atoms with Crippen molar-refractivity contribution >= 4 is 22.7 Å². The van der Waals surface area contributed by atoms with Crippen molar-refractivity contribution in [2.24, 2.45) is 29.6 Å². The van der Waals surface area contributed by atoms with E-state index in [0.717, 1.165) is 6.42 Å². The van der Waals surface area contributed by atoms with Crippen LogP contribution in [0.25, 0.3) is 0 Å². The molecule has 88 valence electrons. The quantitative estimate of drug-likeness (QED) is 0.709. The molecule has 0 N–H and O–H groups in total. The van der Waals surface area contributed by atoms with Crippen LogP contribution >= 0.6 is 11.8 Å². The minimum atomic E-state index is -0.0556. The van der Waals surface area contributed by atoms with Crippen LogP contribution in [-0.4, -0.2) is 17.2 Å². The van der Waals surface area contributed by atoms with Gasteiger partial charge in [-0.25, -0.2) is 0 Å². The average molecular weight is 238 g/mol. The standard InChI is InChI=1S/C13H18O2S/c1-7(2)12(14)10-8-4-5-9(6-8)11(10)13(15)16-3/h4-5,7-11H,6H2,1-3H3/t8-,9+,10-,11-/m1/s1. The van der Waals surface area contributed by atoms with Crippen LogP contribution in [0.2, 0.25) is 0 Å². The second-order valence-corrected chi connectivity index (χ2v) is 5.89. The highest BCUT2D eigenvalue weighted by molar-refractivity contribution is 8.13. The van der Waals surface area contributed by atoms with E-state index in [1.807, 2.05) is 20.1 Å². The van der Waals surface area contributed by atoms with E-state index in [1.54, 1.807) is 0 Å². The molecule has 3 heteroatoms. The van der Waals surface area contributed by atoms with Gasteiger partial charge in [0.15, 0.2) is 5.12 Å². The van der Waals surface area contributed by atoms with Gasteiger partial charge in [0.2, 0.25) is 0 Å². The zero-order valence-corrected chi connectivity index (χ0v) is 10.8. The lowest BCUT2D eigenvalue weighted by molar-refractivity contribution is -0.131. The van der Waals surface area contributed by atoms with Crippen molar-refractivity contribution in [3.63, 3.8) is 0 Å². The summed E-state index contributed by atoms with van der Waals surface area (Å²) in [4.78, 5) is 24.1. The Morgan fingerprint density at radius 1 is 1.19 bits per heavy atom. The Hall–Kier alpha value is -0.570. The normalized spacial score (nSPS) is 36.0. The smallest absolute Gasteiger partial charge is 0.193 e. The number of ketones is 1. The largest absolute Gasteiger partial charge is 0.299 e. The summed E-state index contributed by atoms with van der Waals surface area (Å²) in [6, 6.07) is 0. The molecule has 0 amide bonds. The average Bonchev–Trinajstić information content (AvgIpc) is 2.86. The van der Waals surface area contributed by atoms with Crippen molar-refractivity contribution in [1.82, 2.24) is 0 Å². The van der Waals surface area contributed by atoms with Gasteiger partial charge in [0.05, 0.1) is 0 Å². The third-order valence-corrected chi connectivity index (χ3v) is 4.50.